The first-order valence-corrected chi connectivity index (χ1v) is 4.61. The Morgan fingerprint density at radius 1 is 1.08 bits per heavy atom. The summed E-state index contributed by atoms with van der Waals surface area (Å²) < 4.78 is 36.5. The second-order valence-electron chi connectivity index (χ2n) is 4.81. The van der Waals surface area contributed by atoms with E-state index in [1.165, 1.54) is 0 Å². The fraction of sp³-hybridized carbons (Fsp3) is 1.00. The van der Waals surface area contributed by atoms with Crippen LogP contribution in [0.15, 0.2) is 0 Å². The SMILES string of the molecule is CC1CC2(C1)CC([B-](F)(F)F)C2. The van der Waals surface area contributed by atoms with E-state index in [0.717, 1.165) is 12.8 Å². The Morgan fingerprint density at radius 3 is 1.92 bits per heavy atom. The first-order chi connectivity index (χ1) is 5.41. The summed E-state index contributed by atoms with van der Waals surface area (Å²) in [4.78, 5) is 0. The second kappa shape index (κ2) is 2.21. The lowest BCUT2D eigenvalue weighted by Crippen LogP contribution is -2.49. The van der Waals surface area contributed by atoms with E-state index in [1.807, 2.05) is 0 Å². The van der Waals surface area contributed by atoms with Crippen molar-refractivity contribution in [3.05, 3.63) is 0 Å². The molecule has 0 aliphatic heterocycles. The van der Waals surface area contributed by atoms with Crippen molar-refractivity contribution in [1.29, 1.82) is 0 Å². The minimum Gasteiger partial charge on any atom is -0.449 e. The van der Waals surface area contributed by atoms with Crippen molar-refractivity contribution in [1.82, 2.24) is 0 Å². The molecule has 2 saturated carbocycles. The van der Waals surface area contributed by atoms with Gasteiger partial charge in [-0.15, -0.1) is 0 Å². The highest BCUT2D eigenvalue weighted by molar-refractivity contribution is 6.60. The summed E-state index contributed by atoms with van der Waals surface area (Å²) in [6.07, 6.45) is 2.94. The lowest BCUT2D eigenvalue weighted by molar-refractivity contribution is -0.0253. The van der Waals surface area contributed by atoms with Gasteiger partial charge in [0.25, 0.3) is 0 Å². The molecule has 2 aliphatic carbocycles. The van der Waals surface area contributed by atoms with Gasteiger partial charge in [0.1, 0.15) is 0 Å². The molecule has 2 fully saturated rings. The molecule has 0 aromatic carbocycles. The maximum absolute atomic E-state index is 12.2. The maximum Gasteiger partial charge on any atom is 0.481 e. The van der Waals surface area contributed by atoms with E-state index in [9.17, 15) is 12.9 Å². The van der Waals surface area contributed by atoms with Crippen molar-refractivity contribution >= 4 is 6.98 Å². The molecule has 2 aliphatic rings. The fourth-order valence-electron chi connectivity index (χ4n) is 3.07. The number of halogens is 3. The van der Waals surface area contributed by atoms with Crippen molar-refractivity contribution in [3.8, 4) is 0 Å². The molecule has 2 rings (SSSR count). The molecule has 0 N–H and O–H groups in total. The summed E-state index contributed by atoms with van der Waals surface area (Å²) in [6, 6.07) is 0. The molecule has 0 nitrogen and oxygen atoms in total. The van der Waals surface area contributed by atoms with Gasteiger partial charge in [-0.2, -0.15) is 0 Å². The molecule has 70 valence electrons. The van der Waals surface area contributed by atoms with E-state index in [4.69, 9.17) is 0 Å². The summed E-state index contributed by atoms with van der Waals surface area (Å²) in [5.41, 5.74) is 0.140. The monoisotopic (exact) mass is 177 g/mol. The zero-order valence-electron chi connectivity index (χ0n) is 7.19. The summed E-state index contributed by atoms with van der Waals surface area (Å²) in [6.45, 7) is -2.41. The highest BCUT2D eigenvalue weighted by Gasteiger charge is 2.56. The van der Waals surface area contributed by atoms with Gasteiger partial charge >= 0.3 is 6.98 Å². The van der Waals surface area contributed by atoms with Crippen LogP contribution in [0.3, 0.4) is 0 Å². The van der Waals surface area contributed by atoms with Crippen LogP contribution in [0.4, 0.5) is 12.9 Å². The molecule has 0 radical (unpaired) electrons. The van der Waals surface area contributed by atoms with Crippen LogP contribution in [-0.2, 0) is 0 Å². The molecule has 0 saturated heterocycles. The van der Waals surface area contributed by atoms with Crippen molar-refractivity contribution < 1.29 is 12.9 Å². The van der Waals surface area contributed by atoms with E-state index in [1.54, 1.807) is 0 Å². The van der Waals surface area contributed by atoms with Crippen LogP contribution in [0.5, 0.6) is 0 Å². The molecular weight excluding hydrogens is 164 g/mol. The van der Waals surface area contributed by atoms with E-state index < -0.39 is 12.8 Å². The predicted octanol–water partition coefficient (Wildman–Crippen LogP) is 3.41. The minimum absolute atomic E-state index is 0.140. The van der Waals surface area contributed by atoms with E-state index >= 15 is 0 Å². The second-order valence-corrected chi connectivity index (χ2v) is 4.81. The Bertz CT molecular complexity index is 185. The highest BCUT2D eigenvalue weighted by atomic mass is 19.4. The van der Waals surface area contributed by atoms with E-state index in [-0.39, 0.29) is 5.41 Å². The molecule has 1 spiro atoms. The predicted molar refractivity (Wildman–Crippen MR) is 42.9 cm³/mol. The van der Waals surface area contributed by atoms with Gasteiger partial charge in [0, 0.05) is 0 Å². The lowest BCUT2D eigenvalue weighted by Gasteiger charge is -2.60. The van der Waals surface area contributed by atoms with E-state index in [2.05, 4.69) is 6.92 Å². The Kier molecular flexibility index (Phi) is 1.55. The maximum atomic E-state index is 12.2. The van der Waals surface area contributed by atoms with Gasteiger partial charge in [0.2, 0.25) is 0 Å². The third-order valence-electron chi connectivity index (χ3n) is 3.49. The molecule has 0 atom stereocenters. The molecule has 12 heavy (non-hydrogen) atoms. The lowest BCUT2D eigenvalue weighted by atomic mass is 9.41. The van der Waals surface area contributed by atoms with E-state index in [0.29, 0.717) is 18.8 Å². The fourth-order valence-corrected chi connectivity index (χ4v) is 3.07. The topological polar surface area (TPSA) is 0 Å². The average Bonchev–Trinajstić information content (AvgIpc) is 1.71. The number of hydrogen-bond donors (Lipinski definition) is 0. The van der Waals surface area contributed by atoms with Gasteiger partial charge in [-0.25, -0.2) is 0 Å². The van der Waals surface area contributed by atoms with Crippen LogP contribution in [0.25, 0.3) is 0 Å². The van der Waals surface area contributed by atoms with Crippen LogP contribution in [0.1, 0.15) is 32.6 Å². The summed E-state index contributed by atoms with van der Waals surface area (Å²) in [5, 5.41) is 0. The van der Waals surface area contributed by atoms with Gasteiger partial charge in [-0.1, -0.05) is 25.6 Å². The van der Waals surface area contributed by atoms with Crippen molar-refractivity contribution in [3.63, 3.8) is 0 Å². The Balaban J connectivity index is 1.85. The van der Waals surface area contributed by atoms with Crippen molar-refractivity contribution in [2.45, 2.75) is 38.4 Å². The molecule has 0 amide bonds. The Labute approximate surface area is 70.6 Å². The number of rotatable bonds is 1. The Hall–Kier alpha value is -0.145. The van der Waals surface area contributed by atoms with Crippen LogP contribution in [-0.4, -0.2) is 6.98 Å². The average molecular weight is 177 g/mol. The van der Waals surface area contributed by atoms with Gasteiger partial charge in [-0.3, -0.25) is 0 Å². The summed E-state index contributed by atoms with van der Waals surface area (Å²) >= 11 is 0. The van der Waals surface area contributed by atoms with Gasteiger partial charge in [-0.05, 0) is 24.2 Å². The van der Waals surface area contributed by atoms with Crippen LogP contribution in [0, 0.1) is 11.3 Å². The highest BCUT2D eigenvalue weighted by Crippen LogP contribution is 2.65. The zero-order chi connectivity index (χ0) is 8.98. The quantitative estimate of drug-likeness (QED) is 0.538. The summed E-state index contributed by atoms with van der Waals surface area (Å²) in [5.74, 6) is -0.246. The van der Waals surface area contributed by atoms with Crippen molar-refractivity contribution in [2.75, 3.05) is 0 Å². The summed E-state index contributed by atoms with van der Waals surface area (Å²) in [7, 11) is 0. The normalized spacial score (nSPS) is 47.0. The van der Waals surface area contributed by atoms with Gasteiger partial charge in [0.05, 0.1) is 0 Å². The molecule has 0 aromatic heterocycles. The third-order valence-corrected chi connectivity index (χ3v) is 3.49. The first-order valence-electron chi connectivity index (χ1n) is 4.61. The smallest absolute Gasteiger partial charge is 0.449 e. The molecule has 0 aromatic rings. The Morgan fingerprint density at radius 2 is 1.58 bits per heavy atom. The van der Waals surface area contributed by atoms with Gasteiger partial charge < -0.3 is 12.9 Å². The molecular formula is C8H13BF3-. The number of hydrogen-bond acceptors (Lipinski definition) is 0. The zero-order valence-corrected chi connectivity index (χ0v) is 7.19. The largest absolute Gasteiger partial charge is 0.481 e. The minimum atomic E-state index is -4.53. The van der Waals surface area contributed by atoms with Crippen LogP contribution >= 0.6 is 0 Å². The van der Waals surface area contributed by atoms with Gasteiger partial charge in [0.15, 0.2) is 0 Å². The first kappa shape index (κ1) is 8.45. The molecule has 0 bridgehead atoms. The van der Waals surface area contributed by atoms with Crippen molar-refractivity contribution in [2.24, 2.45) is 11.3 Å². The molecule has 0 heterocycles. The molecule has 4 heteroatoms. The third kappa shape index (κ3) is 1.16. The molecule has 0 unspecified atom stereocenters. The standard InChI is InChI=1S/C8H13BF3/c1-6-2-8(3-6)4-7(5-8)9(10,11)12/h6-7H,2-5H2,1H3/q-1. The van der Waals surface area contributed by atoms with Crippen LogP contribution < -0.4 is 0 Å². The van der Waals surface area contributed by atoms with Crippen LogP contribution in [0.2, 0.25) is 5.82 Å².